The van der Waals surface area contributed by atoms with E-state index in [0.29, 0.717) is 26.3 Å². The van der Waals surface area contributed by atoms with Gasteiger partial charge in [-0.15, -0.1) is 0 Å². The summed E-state index contributed by atoms with van der Waals surface area (Å²) < 4.78 is 73.5. The van der Waals surface area contributed by atoms with Crippen molar-refractivity contribution >= 4 is 11.9 Å². The zero-order valence-electron chi connectivity index (χ0n) is 34.4. The number of rotatable bonds is 18. The molecule has 0 aromatic carbocycles. The summed E-state index contributed by atoms with van der Waals surface area (Å²) in [4.78, 5) is 25.5. The van der Waals surface area contributed by atoms with Gasteiger partial charge in [0.1, 0.15) is 48.8 Å². The van der Waals surface area contributed by atoms with Crippen LogP contribution in [0.15, 0.2) is 0 Å². The number of carbonyl (C=O) groups is 2. The molecule has 0 spiro atoms. The summed E-state index contributed by atoms with van der Waals surface area (Å²) in [5.41, 5.74) is 0. The SMILES string of the molecule is CCOC(=O)CC(NCCCCCCCNC(CC(=O)OCC)[C@H]1O[C@@H]2OC(C)(C)O[C@@H]2[C@H]2OC(C)(C)O[C@H]21)[C@H]1O[C@@H]2OC(C)(C)O[C@@H]2[C@H]2OC(C)(C)O[C@H]21. The van der Waals surface area contributed by atoms with Crippen molar-refractivity contribution in [1.29, 1.82) is 0 Å². The molecular formula is C39H66N2O14. The molecule has 316 valence electrons. The van der Waals surface area contributed by atoms with Gasteiger partial charge in [-0.2, -0.15) is 0 Å². The van der Waals surface area contributed by atoms with Crippen LogP contribution >= 0.6 is 0 Å². The summed E-state index contributed by atoms with van der Waals surface area (Å²) in [6.45, 7) is 20.4. The first kappa shape index (κ1) is 43.0. The molecule has 6 fully saturated rings. The average molecular weight is 787 g/mol. The lowest BCUT2D eigenvalue weighted by atomic mass is 9.92. The zero-order valence-corrected chi connectivity index (χ0v) is 34.4. The van der Waals surface area contributed by atoms with Gasteiger partial charge in [0.15, 0.2) is 35.7 Å². The van der Waals surface area contributed by atoms with E-state index >= 15 is 0 Å². The Morgan fingerprint density at radius 1 is 0.491 bits per heavy atom. The van der Waals surface area contributed by atoms with Crippen LogP contribution in [0, 0.1) is 0 Å². The Morgan fingerprint density at radius 3 is 1.20 bits per heavy atom. The van der Waals surface area contributed by atoms with Crippen molar-refractivity contribution in [2.75, 3.05) is 26.3 Å². The number of hydrogen-bond donors (Lipinski definition) is 2. The van der Waals surface area contributed by atoms with E-state index in [1.54, 1.807) is 13.8 Å². The van der Waals surface area contributed by atoms with Gasteiger partial charge in [0.2, 0.25) is 0 Å². The summed E-state index contributed by atoms with van der Waals surface area (Å²) >= 11 is 0. The Labute approximate surface area is 325 Å². The lowest BCUT2D eigenvalue weighted by Gasteiger charge is -2.41. The summed E-state index contributed by atoms with van der Waals surface area (Å²) in [5.74, 6) is -3.98. The monoisotopic (exact) mass is 786 g/mol. The molecule has 12 atom stereocenters. The third kappa shape index (κ3) is 10.6. The largest absolute Gasteiger partial charge is 0.466 e. The summed E-state index contributed by atoms with van der Waals surface area (Å²) in [6.07, 6.45) is 0.00640. The fourth-order valence-electron chi connectivity index (χ4n) is 8.70. The minimum atomic E-state index is -0.842. The van der Waals surface area contributed by atoms with Gasteiger partial charge in [-0.25, -0.2) is 0 Å². The van der Waals surface area contributed by atoms with Crippen molar-refractivity contribution in [3.8, 4) is 0 Å². The van der Waals surface area contributed by atoms with Gasteiger partial charge in [-0.1, -0.05) is 19.3 Å². The van der Waals surface area contributed by atoms with Gasteiger partial charge in [0.05, 0.1) is 26.1 Å². The first-order chi connectivity index (χ1) is 25.9. The molecule has 6 aliphatic heterocycles. The van der Waals surface area contributed by atoms with Crippen LogP contribution < -0.4 is 10.6 Å². The summed E-state index contributed by atoms with van der Waals surface area (Å²) in [6, 6.07) is -0.774. The third-order valence-electron chi connectivity index (χ3n) is 10.7. The fourth-order valence-corrected chi connectivity index (χ4v) is 8.70. The van der Waals surface area contributed by atoms with Crippen LogP contribution in [0.25, 0.3) is 0 Å². The highest BCUT2D eigenvalue weighted by Crippen LogP contribution is 2.46. The van der Waals surface area contributed by atoms with E-state index < -0.39 is 84.6 Å². The highest BCUT2D eigenvalue weighted by molar-refractivity contribution is 5.70. The van der Waals surface area contributed by atoms with E-state index in [1.807, 2.05) is 55.4 Å². The van der Waals surface area contributed by atoms with Crippen molar-refractivity contribution < 1.29 is 66.4 Å². The van der Waals surface area contributed by atoms with Crippen LogP contribution in [0.3, 0.4) is 0 Å². The van der Waals surface area contributed by atoms with Crippen molar-refractivity contribution in [2.45, 2.75) is 211 Å². The molecule has 0 aromatic rings. The Balaban J connectivity index is 0.990. The number of hydrogen-bond acceptors (Lipinski definition) is 16. The van der Waals surface area contributed by atoms with Crippen molar-refractivity contribution in [2.24, 2.45) is 0 Å². The van der Waals surface area contributed by atoms with E-state index in [9.17, 15) is 9.59 Å². The first-order valence-corrected chi connectivity index (χ1v) is 20.4. The number of fused-ring (bicyclic) bond motifs is 6. The van der Waals surface area contributed by atoms with Gasteiger partial charge in [0, 0.05) is 12.1 Å². The number of unbranched alkanes of at least 4 members (excludes halogenated alkanes) is 4. The Morgan fingerprint density at radius 2 is 0.818 bits per heavy atom. The van der Waals surface area contributed by atoms with Crippen molar-refractivity contribution in [3.63, 3.8) is 0 Å². The van der Waals surface area contributed by atoms with Crippen molar-refractivity contribution in [3.05, 3.63) is 0 Å². The highest BCUT2D eigenvalue weighted by atomic mass is 16.9. The second-order valence-electron chi connectivity index (χ2n) is 17.2. The molecular weight excluding hydrogens is 720 g/mol. The minimum Gasteiger partial charge on any atom is -0.466 e. The lowest BCUT2D eigenvalue weighted by molar-refractivity contribution is -0.240. The van der Waals surface area contributed by atoms with E-state index in [4.69, 9.17) is 56.8 Å². The van der Waals surface area contributed by atoms with Gasteiger partial charge < -0.3 is 67.5 Å². The highest BCUT2D eigenvalue weighted by Gasteiger charge is 2.63. The van der Waals surface area contributed by atoms with Crippen LogP contribution in [0.4, 0.5) is 0 Å². The van der Waals surface area contributed by atoms with Gasteiger partial charge >= 0.3 is 11.9 Å². The van der Waals surface area contributed by atoms with E-state index in [1.165, 1.54) is 0 Å². The molecule has 0 aromatic heterocycles. The van der Waals surface area contributed by atoms with Gasteiger partial charge in [-0.3, -0.25) is 9.59 Å². The maximum Gasteiger partial charge on any atom is 0.307 e. The molecule has 6 rings (SSSR count). The van der Waals surface area contributed by atoms with E-state index in [0.717, 1.165) is 32.1 Å². The average Bonchev–Trinajstić information content (AvgIpc) is 3.78. The molecule has 0 saturated carbocycles. The number of esters is 2. The molecule has 0 aliphatic carbocycles. The number of ether oxygens (including phenoxy) is 12. The maximum absolute atomic E-state index is 12.8. The quantitative estimate of drug-likeness (QED) is 0.153. The lowest BCUT2D eigenvalue weighted by Crippen LogP contribution is -2.61. The number of carbonyl (C=O) groups excluding carboxylic acids is 2. The van der Waals surface area contributed by atoms with Crippen LogP contribution in [0.5, 0.6) is 0 Å². The first-order valence-electron chi connectivity index (χ1n) is 20.4. The Kier molecular flexibility index (Phi) is 13.6. The van der Waals surface area contributed by atoms with Crippen LogP contribution in [-0.2, 0) is 66.4 Å². The van der Waals surface area contributed by atoms with Crippen LogP contribution in [0.1, 0.15) is 114 Å². The maximum atomic E-state index is 12.8. The molecule has 0 radical (unpaired) electrons. The molecule has 16 nitrogen and oxygen atoms in total. The second-order valence-corrected chi connectivity index (χ2v) is 17.2. The fraction of sp³-hybridized carbons (Fsp3) is 0.949. The second kappa shape index (κ2) is 17.4. The molecule has 6 aliphatic rings. The molecule has 16 heteroatoms. The molecule has 2 unspecified atom stereocenters. The molecule has 6 saturated heterocycles. The van der Waals surface area contributed by atoms with Gasteiger partial charge in [-0.05, 0) is 95.2 Å². The van der Waals surface area contributed by atoms with Crippen LogP contribution in [0.2, 0.25) is 0 Å². The van der Waals surface area contributed by atoms with Crippen molar-refractivity contribution in [1.82, 2.24) is 10.6 Å². The molecule has 0 bridgehead atoms. The normalized spacial score (nSPS) is 37.3. The predicted molar refractivity (Wildman–Crippen MR) is 194 cm³/mol. The Bertz CT molecular complexity index is 1220. The Hall–Kier alpha value is -1.54. The van der Waals surface area contributed by atoms with Gasteiger partial charge in [0.25, 0.3) is 0 Å². The van der Waals surface area contributed by atoms with Crippen LogP contribution in [-0.4, -0.2) is 135 Å². The molecule has 0 amide bonds. The molecule has 2 N–H and O–H groups in total. The summed E-state index contributed by atoms with van der Waals surface area (Å²) in [5, 5.41) is 7.15. The smallest absolute Gasteiger partial charge is 0.307 e. The standard InChI is InChI=1S/C39H66N2O14/c1-11-44-24(42)20-22(26-28-30(50-36(3,4)48-28)32-34(46-26)54-38(7,8)52-32)40-18-16-14-13-15-17-19-41-23(21-25(43)45-12-2)27-29-31(51-37(5,6)49-29)33-35(47-27)55-39(9,10)53-33/h22-23,26-35,40-41H,11-21H2,1-10H3/t22?,23?,26-,27-,28+,29+,30+,31+,32-,33-,34-,35-/m1/s1. The predicted octanol–water partition coefficient (Wildman–Crippen LogP) is 3.55. The summed E-state index contributed by atoms with van der Waals surface area (Å²) in [7, 11) is 0. The molecule has 55 heavy (non-hydrogen) atoms. The topological polar surface area (TPSA) is 169 Å². The van der Waals surface area contributed by atoms with E-state index in [-0.39, 0.29) is 36.9 Å². The minimum absolute atomic E-state index is 0.116. The number of nitrogens with one attached hydrogen (secondary N) is 2. The third-order valence-corrected chi connectivity index (χ3v) is 10.7. The molecule has 6 heterocycles. The van der Waals surface area contributed by atoms with E-state index in [2.05, 4.69) is 10.6 Å². The zero-order chi connectivity index (χ0) is 39.8.